The van der Waals surface area contributed by atoms with Gasteiger partial charge in [-0.3, -0.25) is 0 Å². The van der Waals surface area contributed by atoms with Gasteiger partial charge >= 0.3 is 0 Å². The van der Waals surface area contributed by atoms with Crippen molar-refractivity contribution in [3.63, 3.8) is 0 Å². The number of rotatable bonds is 7. The predicted molar refractivity (Wildman–Crippen MR) is 229 cm³/mol. The van der Waals surface area contributed by atoms with Gasteiger partial charge in [-0.2, -0.15) is 0 Å². The molecule has 0 amide bonds. The zero-order valence-corrected chi connectivity index (χ0v) is 29.7. The number of hydrogen-bond acceptors (Lipinski definition) is 1. The van der Waals surface area contributed by atoms with E-state index < -0.39 is 0 Å². The molecule has 0 bridgehead atoms. The molecule has 0 spiro atoms. The summed E-state index contributed by atoms with van der Waals surface area (Å²) in [5.41, 5.74) is 14.2. The van der Waals surface area contributed by atoms with Crippen molar-refractivity contribution in [2.45, 2.75) is 0 Å². The number of nitrogens with zero attached hydrogens (tertiary/aromatic N) is 2. The standard InChI is InChI=1S/C52H36N2/c1-2-13-43(14-3-1)53(45-35-29-42(30-36-45)48-18-10-12-41-11-4-5-15-47(41)48)44-31-25-39(26-32-44)37-21-23-38(24-22-37)40-27-33-46(34-28-40)54-51-19-8-6-16-49(51)50-17-7-9-20-52(50)54/h1-36H. The molecule has 0 unspecified atom stereocenters. The highest BCUT2D eigenvalue weighted by Gasteiger charge is 2.15. The minimum atomic E-state index is 1.11. The summed E-state index contributed by atoms with van der Waals surface area (Å²) in [6.45, 7) is 0. The summed E-state index contributed by atoms with van der Waals surface area (Å²) in [4.78, 5) is 2.32. The quantitative estimate of drug-likeness (QED) is 0.162. The normalized spacial score (nSPS) is 11.3. The molecule has 0 atom stereocenters. The molecule has 0 saturated heterocycles. The Labute approximate surface area is 315 Å². The van der Waals surface area contributed by atoms with Crippen LogP contribution >= 0.6 is 0 Å². The molecule has 0 saturated carbocycles. The monoisotopic (exact) mass is 688 g/mol. The average Bonchev–Trinajstić information content (AvgIpc) is 3.59. The van der Waals surface area contributed by atoms with Crippen molar-refractivity contribution in [3.05, 3.63) is 218 Å². The van der Waals surface area contributed by atoms with E-state index in [9.17, 15) is 0 Å². The average molecular weight is 689 g/mol. The highest BCUT2D eigenvalue weighted by Crippen LogP contribution is 2.38. The summed E-state index contributed by atoms with van der Waals surface area (Å²) in [6, 6.07) is 78.7. The van der Waals surface area contributed by atoms with Crippen LogP contribution in [0.15, 0.2) is 218 Å². The molecular formula is C52H36N2. The summed E-state index contributed by atoms with van der Waals surface area (Å²) < 4.78 is 2.36. The number of anilines is 3. The Bertz CT molecular complexity index is 2830. The number of fused-ring (bicyclic) bond motifs is 4. The molecule has 9 aromatic carbocycles. The SMILES string of the molecule is c1ccc(N(c2ccc(-c3ccc(-c4ccc(-n5c6ccccc6c6ccccc65)cc4)cc3)cc2)c2ccc(-c3cccc4ccccc34)cc2)cc1. The van der Waals surface area contributed by atoms with Crippen LogP contribution in [-0.2, 0) is 0 Å². The zero-order chi connectivity index (χ0) is 35.8. The lowest BCUT2D eigenvalue weighted by molar-refractivity contribution is 1.18. The van der Waals surface area contributed by atoms with Crippen molar-refractivity contribution in [1.82, 2.24) is 4.57 Å². The Hall–Kier alpha value is -7.16. The Morgan fingerprint density at radius 1 is 0.278 bits per heavy atom. The number of benzene rings is 9. The lowest BCUT2D eigenvalue weighted by atomic mass is 9.98. The van der Waals surface area contributed by atoms with Crippen LogP contribution in [0.25, 0.3) is 71.6 Å². The number of hydrogen-bond donors (Lipinski definition) is 0. The lowest BCUT2D eigenvalue weighted by Gasteiger charge is -2.26. The van der Waals surface area contributed by atoms with Gasteiger partial charge in [-0.05, 0) is 105 Å². The highest BCUT2D eigenvalue weighted by molar-refractivity contribution is 6.09. The second-order valence-corrected chi connectivity index (χ2v) is 13.8. The van der Waals surface area contributed by atoms with Crippen LogP contribution in [0.1, 0.15) is 0 Å². The van der Waals surface area contributed by atoms with Crippen LogP contribution in [-0.4, -0.2) is 4.57 Å². The molecule has 2 heteroatoms. The van der Waals surface area contributed by atoms with Gasteiger partial charge in [-0.1, -0.05) is 158 Å². The Morgan fingerprint density at radius 3 is 1.26 bits per heavy atom. The van der Waals surface area contributed by atoms with Gasteiger partial charge in [0.15, 0.2) is 0 Å². The van der Waals surface area contributed by atoms with Gasteiger partial charge in [-0.15, -0.1) is 0 Å². The van der Waals surface area contributed by atoms with Gasteiger partial charge < -0.3 is 9.47 Å². The van der Waals surface area contributed by atoms with Gasteiger partial charge in [0.2, 0.25) is 0 Å². The third kappa shape index (κ3) is 5.62. The molecule has 10 aromatic rings. The van der Waals surface area contributed by atoms with E-state index in [0.717, 1.165) is 22.7 Å². The van der Waals surface area contributed by atoms with Gasteiger partial charge in [0, 0.05) is 33.5 Å². The molecular weight excluding hydrogens is 653 g/mol. The van der Waals surface area contributed by atoms with E-state index in [-0.39, 0.29) is 0 Å². The first-order valence-electron chi connectivity index (χ1n) is 18.5. The van der Waals surface area contributed by atoms with Crippen molar-refractivity contribution >= 4 is 49.6 Å². The number of aromatic nitrogens is 1. The molecule has 0 aliphatic carbocycles. The van der Waals surface area contributed by atoms with E-state index >= 15 is 0 Å². The molecule has 254 valence electrons. The van der Waals surface area contributed by atoms with E-state index in [0.29, 0.717) is 0 Å². The molecule has 0 radical (unpaired) electrons. The van der Waals surface area contributed by atoms with Gasteiger partial charge in [0.25, 0.3) is 0 Å². The van der Waals surface area contributed by atoms with Crippen LogP contribution in [0.3, 0.4) is 0 Å². The van der Waals surface area contributed by atoms with Crippen molar-refractivity contribution in [2.75, 3.05) is 4.90 Å². The largest absolute Gasteiger partial charge is 0.311 e. The topological polar surface area (TPSA) is 8.17 Å². The molecule has 0 aliphatic rings. The molecule has 1 aromatic heterocycles. The molecule has 0 N–H and O–H groups in total. The van der Waals surface area contributed by atoms with Crippen LogP contribution in [0.2, 0.25) is 0 Å². The fraction of sp³-hybridized carbons (Fsp3) is 0. The third-order valence-corrected chi connectivity index (χ3v) is 10.6. The van der Waals surface area contributed by atoms with Gasteiger partial charge in [0.05, 0.1) is 11.0 Å². The molecule has 0 aliphatic heterocycles. The maximum Gasteiger partial charge on any atom is 0.0541 e. The molecule has 1 heterocycles. The maximum atomic E-state index is 2.36. The Morgan fingerprint density at radius 2 is 0.685 bits per heavy atom. The Kier molecular flexibility index (Phi) is 7.85. The van der Waals surface area contributed by atoms with E-state index in [1.165, 1.54) is 66.0 Å². The first-order valence-corrected chi connectivity index (χ1v) is 18.5. The summed E-state index contributed by atoms with van der Waals surface area (Å²) in [7, 11) is 0. The van der Waals surface area contributed by atoms with Crippen LogP contribution in [0, 0.1) is 0 Å². The van der Waals surface area contributed by atoms with Crippen LogP contribution in [0.5, 0.6) is 0 Å². The second-order valence-electron chi connectivity index (χ2n) is 13.8. The lowest BCUT2D eigenvalue weighted by Crippen LogP contribution is -2.09. The zero-order valence-electron chi connectivity index (χ0n) is 29.7. The second kappa shape index (κ2) is 13.4. The van der Waals surface area contributed by atoms with E-state index in [1.807, 2.05) is 0 Å². The smallest absolute Gasteiger partial charge is 0.0541 e. The fourth-order valence-electron chi connectivity index (χ4n) is 7.95. The number of para-hydroxylation sites is 3. The van der Waals surface area contributed by atoms with Crippen molar-refractivity contribution < 1.29 is 0 Å². The van der Waals surface area contributed by atoms with Crippen LogP contribution < -0.4 is 4.90 Å². The molecule has 10 rings (SSSR count). The van der Waals surface area contributed by atoms with Gasteiger partial charge in [0.1, 0.15) is 0 Å². The Balaban J connectivity index is 0.916. The molecule has 2 nitrogen and oxygen atoms in total. The van der Waals surface area contributed by atoms with Crippen molar-refractivity contribution in [3.8, 4) is 39.1 Å². The van der Waals surface area contributed by atoms with E-state index in [1.54, 1.807) is 0 Å². The van der Waals surface area contributed by atoms with Crippen molar-refractivity contribution in [1.29, 1.82) is 0 Å². The van der Waals surface area contributed by atoms with E-state index in [2.05, 4.69) is 228 Å². The summed E-state index contributed by atoms with van der Waals surface area (Å²) in [5.74, 6) is 0. The highest BCUT2D eigenvalue weighted by atomic mass is 15.1. The predicted octanol–water partition coefficient (Wildman–Crippen LogP) is 14.4. The van der Waals surface area contributed by atoms with Crippen LogP contribution in [0.4, 0.5) is 17.1 Å². The summed E-state index contributed by atoms with van der Waals surface area (Å²) in [6.07, 6.45) is 0. The molecule has 0 fully saturated rings. The molecule has 54 heavy (non-hydrogen) atoms. The minimum absolute atomic E-state index is 1.11. The first kappa shape index (κ1) is 31.6. The van der Waals surface area contributed by atoms with Gasteiger partial charge in [-0.25, -0.2) is 0 Å². The van der Waals surface area contributed by atoms with E-state index in [4.69, 9.17) is 0 Å². The third-order valence-electron chi connectivity index (χ3n) is 10.6. The van der Waals surface area contributed by atoms with Crippen molar-refractivity contribution in [2.24, 2.45) is 0 Å². The summed E-state index contributed by atoms with van der Waals surface area (Å²) >= 11 is 0. The summed E-state index contributed by atoms with van der Waals surface area (Å²) in [5, 5.41) is 5.08. The maximum absolute atomic E-state index is 2.36. The fourth-order valence-corrected chi connectivity index (χ4v) is 7.95. The first-order chi connectivity index (χ1) is 26.8. The minimum Gasteiger partial charge on any atom is -0.311 e.